The molecular weight excluding hydrogens is 500 g/mol. The number of carbonyl (C=O) groups is 1. The molecule has 0 saturated carbocycles. The van der Waals surface area contributed by atoms with E-state index in [0.29, 0.717) is 21.2 Å². The first-order valence-corrected chi connectivity index (χ1v) is 16.0. The molecule has 190 valence electrons. The summed E-state index contributed by atoms with van der Waals surface area (Å²) in [4.78, 5) is 14.5. The number of nitrogens with zero attached hydrogens (tertiary/aromatic N) is 1. The van der Waals surface area contributed by atoms with E-state index >= 15 is 0 Å². The van der Waals surface area contributed by atoms with Crippen molar-refractivity contribution in [3.05, 3.63) is 121 Å². The van der Waals surface area contributed by atoms with Crippen molar-refractivity contribution >= 4 is 41.5 Å². The van der Waals surface area contributed by atoms with Crippen LogP contribution >= 0.6 is 14.3 Å². The van der Waals surface area contributed by atoms with Crippen LogP contribution in [0.4, 0.5) is 0 Å². The summed E-state index contributed by atoms with van der Waals surface area (Å²) in [6.45, 7) is 1.86. The van der Waals surface area contributed by atoms with E-state index in [1.54, 1.807) is 11.8 Å². The van der Waals surface area contributed by atoms with Gasteiger partial charge < -0.3 is 13.9 Å². The third-order valence-electron chi connectivity index (χ3n) is 6.15. The maximum absolute atomic E-state index is 14.8. The van der Waals surface area contributed by atoms with Crippen molar-refractivity contribution in [3.63, 3.8) is 0 Å². The SMILES string of the molecule is CCOC(=O)CN(CP(=O)(c1ccccc1)c1ccccc1)CP(=O)(c1ccccc1)c1ccccc1. The minimum absolute atomic E-state index is 0.0451. The van der Waals surface area contributed by atoms with Crippen molar-refractivity contribution in [2.75, 3.05) is 25.7 Å². The Hall–Kier alpha value is -3.23. The first-order chi connectivity index (χ1) is 18.0. The smallest absolute Gasteiger partial charge is 0.320 e. The Morgan fingerprint density at radius 3 is 1.16 bits per heavy atom. The van der Waals surface area contributed by atoms with E-state index < -0.39 is 20.3 Å². The van der Waals surface area contributed by atoms with Crippen molar-refractivity contribution < 1.29 is 18.7 Å². The van der Waals surface area contributed by atoms with E-state index in [9.17, 15) is 13.9 Å². The molecule has 0 atom stereocenters. The van der Waals surface area contributed by atoms with E-state index in [0.717, 1.165) is 0 Å². The Morgan fingerprint density at radius 2 is 0.892 bits per heavy atom. The van der Waals surface area contributed by atoms with Gasteiger partial charge in [0.25, 0.3) is 0 Å². The second-order valence-electron chi connectivity index (χ2n) is 8.74. The molecule has 0 aliphatic carbocycles. The van der Waals surface area contributed by atoms with Gasteiger partial charge in [0.1, 0.15) is 0 Å². The van der Waals surface area contributed by atoms with Crippen LogP contribution in [0.1, 0.15) is 6.92 Å². The summed E-state index contributed by atoms with van der Waals surface area (Å²) in [6.07, 6.45) is 0.0903. The Morgan fingerprint density at radius 1 is 0.595 bits per heavy atom. The van der Waals surface area contributed by atoms with Gasteiger partial charge >= 0.3 is 5.97 Å². The lowest BCUT2D eigenvalue weighted by Crippen LogP contribution is -2.38. The van der Waals surface area contributed by atoms with Gasteiger partial charge in [0.2, 0.25) is 0 Å². The molecule has 4 aromatic carbocycles. The largest absolute Gasteiger partial charge is 0.465 e. The van der Waals surface area contributed by atoms with Crippen LogP contribution < -0.4 is 21.2 Å². The van der Waals surface area contributed by atoms with Crippen molar-refractivity contribution in [2.45, 2.75) is 6.92 Å². The van der Waals surface area contributed by atoms with Gasteiger partial charge in [0.05, 0.1) is 25.7 Å². The molecular formula is C30H31NO4P2. The van der Waals surface area contributed by atoms with E-state index in [2.05, 4.69) is 0 Å². The Balaban J connectivity index is 1.81. The lowest BCUT2D eigenvalue weighted by molar-refractivity contribution is -0.143. The second kappa shape index (κ2) is 12.3. The highest BCUT2D eigenvalue weighted by Crippen LogP contribution is 2.48. The summed E-state index contributed by atoms with van der Waals surface area (Å²) in [6, 6.07) is 37.2. The highest BCUT2D eigenvalue weighted by molar-refractivity contribution is 7.79. The Kier molecular flexibility index (Phi) is 8.95. The number of rotatable bonds is 11. The molecule has 37 heavy (non-hydrogen) atoms. The molecule has 0 spiro atoms. The number of esters is 1. The molecule has 5 nitrogen and oxygen atoms in total. The van der Waals surface area contributed by atoms with Crippen LogP contribution in [0, 0.1) is 0 Å². The molecule has 4 rings (SSSR count). The first-order valence-electron chi connectivity index (χ1n) is 12.2. The number of benzene rings is 4. The highest BCUT2D eigenvalue weighted by Gasteiger charge is 2.36. The zero-order valence-electron chi connectivity index (χ0n) is 20.9. The average molecular weight is 532 g/mol. The quantitative estimate of drug-likeness (QED) is 0.206. The van der Waals surface area contributed by atoms with Gasteiger partial charge in [0.15, 0.2) is 14.3 Å². The van der Waals surface area contributed by atoms with Gasteiger partial charge in [-0.2, -0.15) is 0 Å². The summed E-state index contributed by atoms with van der Waals surface area (Å²) < 4.78 is 34.9. The van der Waals surface area contributed by atoms with E-state index in [-0.39, 0.29) is 25.7 Å². The zero-order chi connectivity index (χ0) is 26.1. The predicted octanol–water partition coefficient (Wildman–Crippen LogP) is 4.79. The molecule has 0 N–H and O–H groups in total. The van der Waals surface area contributed by atoms with Crippen LogP contribution in [0.15, 0.2) is 121 Å². The fraction of sp³-hybridized carbons (Fsp3) is 0.167. The number of ether oxygens (including phenoxy) is 1. The van der Waals surface area contributed by atoms with Crippen LogP contribution in [-0.4, -0.2) is 36.6 Å². The fourth-order valence-corrected chi connectivity index (χ4v) is 9.95. The molecule has 0 radical (unpaired) electrons. The summed E-state index contributed by atoms with van der Waals surface area (Å²) in [5.41, 5.74) is 0. The average Bonchev–Trinajstić information content (AvgIpc) is 2.95. The lowest BCUT2D eigenvalue weighted by Gasteiger charge is -2.31. The summed E-state index contributed by atoms with van der Waals surface area (Å²) in [5.74, 6) is -0.442. The topological polar surface area (TPSA) is 63.7 Å². The highest BCUT2D eigenvalue weighted by atomic mass is 31.2. The number of hydrogen-bond donors (Lipinski definition) is 0. The minimum atomic E-state index is -3.23. The second-order valence-corrected chi connectivity index (χ2v) is 14.3. The van der Waals surface area contributed by atoms with Gasteiger partial charge in [0, 0.05) is 21.2 Å². The van der Waals surface area contributed by atoms with Crippen molar-refractivity contribution in [2.24, 2.45) is 0 Å². The predicted molar refractivity (Wildman–Crippen MR) is 153 cm³/mol. The van der Waals surface area contributed by atoms with Gasteiger partial charge in [-0.25, -0.2) is 0 Å². The number of carbonyl (C=O) groups excluding carboxylic acids is 1. The third-order valence-corrected chi connectivity index (χ3v) is 12.3. The molecule has 0 aliphatic rings. The summed E-state index contributed by atoms with van der Waals surface area (Å²) in [5, 5.41) is 2.74. The van der Waals surface area contributed by atoms with Crippen LogP contribution in [0.5, 0.6) is 0 Å². The van der Waals surface area contributed by atoms with Crippen LogP contribution in [0.25, 0.3) is 0 Å². The van der Waals surface area contributed by atoms with E-state index in [1.165, 1.54) is 0 Å². The summed E-state index contributed by atoms with van der Waals surface area (Å²) in [7, 11) is -6.46. The molecule has 0 amide bonds. The van der Waals surface area contributed by atoms with Gasteiger partial charge in [-0.3, -0.25) is 9.69 Å². The standard InChI is InChI=1S/C30H31NO4P2/c1-2-35-30(32)23-31(24-36(33,26-15-7-3-8-16-26)27-17-9-4-10-18-27)25-37(34,28-19-11-5-12-20-28)29-21-13-6-14-22-29/h3-22H,2,23-25H2,1H3. The number of hydrogen-bond acceptors (Lipinski definition) is 5. The molecule has 0 aromatic heterocycles. The molecule has 0 unspecified atom stereocenters. The third kappa shape index (κ3) is 6.37. The first kappa shape index (κ1) is 26.8. The van der Waals surface area contributed by atoms with E-state index in [1.807, 2.05) is 121 Å². The van der Waals surface area contributed by atoms with Crippen LogP contribution in [-0.2, 0) is 18.7 Å². The van der Waals surface area contributed by atoms with Crippen molar-refractivity contribution in [1.82, 2.24) is 4.90 Å². The molecule has 7 heteroatoms. The van der Waals surface area contributed by atoms with Crippen LogP contribution in [0.3, 0.4) is 0 Å². The Bertz CT molecular complexity index is 1190. The fourth-order valence-electron chi connectivity index (χ4n) is 4.40. The molecule has 0 bridgehead atoms. The van der Waals surface area contributed by atoms with Crippen LogP contribution in [0.2, 0.25) is 0 Å². The molecule has 0 fully saturated rings. The van der Waals surface area contributed by atoms with Gasteiger partial charge in [-0.15, -0.1) is 0 Å². The van der Waals surface area contributed by atoms with E-state index in [4.69, 9.17) is 4.74 Å². The maximum Gasteiger partial charge on any atom is 0.320 e. The zero-order valence-corrected chi connectivity index (χ0v) is 22.6. The lowest BCUT2D eigenvalue weighted by atomic mass is 10.4. The van der Waals surface area contributed by atoms with Gasteiger partial charge in [-0.1, -0.05) is 121 Å². The van der Waals surface area contributed by atoms with Gasteiger partial charge in [-0.05, 0) is 6.92 Å². The summed E-state index contributed by atoms with van der Waals surface area (Å²) >= 11 is 0. The molecule has 0 heterocycles. The minimum Gasteiger partial charge on any atom is -0.465 e. The maximum atomic E-state index is 14.8. The van der Waals surface area contributed by atoms with Crippen molar-refractivity contribution in [3.8, 4) is 0 Å². The monoisotopic (exact) mass is 531 g/mol. The molecule has 4 aromatic rings. The Labute approximate surface area is 218 Å². The van der Waals surface area contributed by atoms with Crippen molar-refractivity contribution in [1.29, 1.82) is 0 Å². The molecule has 0 aliphatic heterocycles. The normalized spacial score (nSPS) is 11.8. The molecule has 0 saturated heterocycles.